The molecule has 1 fully saturated rings. The first kappa shape index (κ1) is 13.1. The molecule has 0 spiro atoms. The number of rotatable bonds is 3. The van der Waals surface area contributed by atoms with E-state index in [4.69, 9.17) is 11.0 Å². The summed E-state index contributed by atoms with van der Waals surface area (Å²) in [5.41, 5.74) is 6.40. The highest BCUT2D eigenvalue weighted by Crippen LogP contribution is 2.29. The van der Waals surface area contributed by atoms with E-state index in [1.54, 1.807) is 11.4 Å². The van der Waals surface area contributed by atoms with Crippen molar-refractivity contribution in [2.45, 2.75) is 44.1 Å². The summed E-state index contributed by atoms with van der Waals surface area (Å²) in [6.07, 6.45) is 5.59. The van der Waals surface area contributed by atoms with Gasteiger partial charge in [-0.3, -0.25) is 4.79 Å². The summed E-state index contributed by atoms with van der Waals surface area (Å²) in [6.45, 7) is 0. The van der Waals surface area contributed by atoms with Crippen molar-refractivity contribution in [3.8, 4) is 6.07 Å². The summed E-state index contributed by atoms with van der Waals surface area (Å²) in [5, 5.41) is 14.1. The Balaban J connectivity index is 1.95. The molecule has 0 aliphatic heterocycles. The number of nitrogens with zero attached hydrogens (tertiary/aromatic N) is 1. The van der Waals surface area contributed by atoms with Crippen molar-refractivity contribution < 1.29 is 4.79 Å². The molecule has 1 aliphatic rings. The van der Waals surface area contributed by atoms with Gasteiger partial charge in [0.05, 0.1) is 5.56 Å². The molecule has 0 aromatic carbocycles. The molecule has 18 heavy (non-hydrogen) atoms. The highest BCUT2D eigenvalue weighted by atomic mass is 32.1. The van der Waals surface area contributed by atoms with Crippen LogP contribution in [0.3, 0.4) is 0 Å². The lowest BCUT2D eigenvalue weighted by Crippen LogP contribution is -2.44. The predicted octanol–water partition coefficient (Wildman–Crippen LogP) is 2.61. The molecule has 1 heterocycles. The van der Waals surface area contributed by atoms with Gasteiger partial charge >= 0.3 is 0 Å². The standard InChI is InChI=1S/C13H17N3OS/c14-9-10-4-7-18-12(10)16-11(17)8-13(15)5-2-1-3-6-13/h4,7H,1-3,5-6,8,15H2,(H,16,17). The van der Waals surface area contributed by atoms with Gasteiger partial charge in [-0.05, 0) is 24.3 Å². The van der Waals surface area contributed by atoms with Gasteiger partial charge in [-0.1, -0.05) is 19.3 Å². The van der Waals surface area contributed by atoms with Crippen molar-refractivity contribution in [3.05, 3.63) is 17.0 Å². The second-order valence-electron chi connectivity index (χ2n) is 4.92. The van der Waals surface area contributed by atoms with Gasteiger partial charge in [-0.25, -0.2) is 0 Å². The Morgan fingerprint density at radius 3 is 2.89 bits per heavy atom. The summed E-state index contributed by atoms with van der Waals surface area (Å²) in [7, 11) is 0. The molecular formula is C13H17N3OS. The molecular weight excluding hydrogens is 246 g/mol. The van der Waals surface area contributed by atoms with Gasteiger partial charge in [0.2, 0.25) is 5.91 Å². The van der Waals surface area contributed by atoms with Gasteiger partial charge in [0, 0.05) is 12.0 Å². The van der Waals surface area contributed by atoms with Crippen LogP contribution in [0.25, 0.3) is 0 Å². The van der Waals surface area contributed by atoms with Crippen LogP contribution in [-0.4, -0.2) is 11.4 Å². The first-order chi connectivity index (χ1) is 8.63. The molecule has 96 valence electrons. The quantitative estimate of drug-likeness (QED) is 0.879. The average Bonchev–Trinajstić information content (AvgIpc) is 2.76. The molecule has 0 radical (unpaired) electrons. The smallest absolute Gasteiger partial charge is 0.226 e. The fourth-order valence-corrected chi connectivity index (χ4v) is 3.17. The summed E-state index contributed by atoms with van der Waals surface area (Å²) >= 11 is 1.37. The zero-order valence-corrected chi connectivity index (χ0v) is 11.1. The molecule has 1 aromatic rings. The summed E-state index contributed by atoms with van der Waals surface area (Å²) in [6, 6.07) is 3.77. The van der Waals surface area contributed by atoms with Crippen LogP contribution in [0.5, 0.6) is 0 Å². The maximum Gasteiger partial charge on any atom is 0.226 e. The van der Waals surface area contributed by atoms with Crippen molar-refractivity contribution in [1.82, 2.24) is 0 Å². The van der Waals surface area contributed by atoms with Crippen molar-refractivity contribution >= 4 is 22.2 Å². The second kappa shape index (κ2) is 5.51. The lowest BCUT2D eigenvalue weighted by Gasteiger charge is -2.32. The third-order valence-electron chi connectivity index (χ3n) is 3.40. The predicted molar refractivity (Wildman–Crippen MR) is 72.3 cm³/mol. The molecule has 0 atom stereocenters. The van der Waals surface area contributed by atoms with Crippen LogP contribution in [0.2, 0.25) is 0 Å². The van der Waals surface area contributed by atoms with E-state index in [1.165, 1.54) is 17.8 Å². The SMILES string of the molecule is N#Cc1ccsc1NC(=O)CC1(N)CCCCC1. The minimum absolute atomic E-state index is 0.0849. The van der Waals surface area contributed by atoms with Crippen molar-refractivity contribution in [1.29, 1.82) is 5.26 Å². The van der Waals surface area contributed by atoms with Crippen LogP contribution < -0.4 is 11.1 Å². The molecule has 0 saturated heterocycles. The zero-order valence-electron chi connectivity index (χ0n) is 10.2. The number of carbonyl (C=O) groups is 1. The third-order valence-corrected chi connectivity index (χ3v) is 4.23. The van der Waals surface area contributed by atoms with Crippen LogP contribution in [0.15, 0.2) is 11.4 Å². The van der Waals surface area contributed by atoms with Crippen LogP contribution in [0.4, 0.5) is 5.00 Å². The molecule has 3 N–H and O–H groups in total. The van der Waals surface area contributed by atoms with Crippen LogP contribution >= 0.6 is 11.3 Å². The van der Waals surface area contributed by atoms with Gasteiger partial charge in [0.25, 0.3) is 0 Å². The van der Waals surface area contributed by atoms with E-state index in [0.717, 1.165) is 25.7 Å². The Bertz CT molecular complexity index is 469. The fourth-order valence-electron chi connectivity index (χ4n) is 2.42. The monoisotopic (exact) mass is 263 g/mol. The third kappa shape index (κ3) is 3.09. The topological polar surface area (TPSA) is 78.9 Å². The Morgan fingerprint density at radius 1 is 1.50 bits per heavy atom. The van der Waals surface area contributed by atoms with E-state index >= 15 is 0 Å². The summed E-state index contributed by atoms with van der Waals surface area (Å²) < 4.78 is 0. The molecule has 4 nitrogen and oxygen atoms in total. The van der Waals surface area contributed by atoms with Gasteiger partial charge in [0.15, 0.2) is 0 Å². The number of nitriles is 1. The number of carbonyl (C=O) groups excluding carboxylic acids is 1. The van der Waals surface area contributed by atoms with E-state index in [0.29, 0.717) is 17.0 Å². The maximum absolute atomic E-state index is 12.0. The first-order valence-corrected chi connectivity index (χ1v) is 7.07. The number of nitrogens with one attached hydrogen (secondary N) is 1. The zero-order chi connectivity index (χ0) is 13.0. The molecule has 1 saturated carbocycles. The Labute approximate surface area is 111 Å². The second-order valence-corrected chi connectivity index (χ2v) is 5.84. The summed E-state index contributed by atoms with van der Waals surface area (Å²) in [5.74, 6) is -0.0849. The van der Waals surface area contributed by atoms with E-state index in [-0.39, 0.29) is 11.4 Å². The minimum Gasteiger partial charge on any atom is -0.325 e. The molecule has 5 heteroatoms. The minimum atomic E-state index is -0.355. The molecule has 2 rings (SSSR count). The van der Waals surface area contributed by atoms with Crippen molar-refractivity contribution in [2.75, 3.05) is 5.32 Å². The van der Waals surface area contributed by atoms with Crippen molar-refractivity contribution in [3.63, 3.8) is 0 Å². The van der Waals surface area contributed by atoms with Crippen LogP contribution in [-0.2, 0) is 4.79 Å². The van der Waals surface area contributed by atoms with E-state index in [9.17, 15) is 4.79 Å². The Kier molecular flexibility index (Phi) is 4.00. The Hall–Kier alpha value is -1.38. The molecule has 1 amide bonds. The largest absolute Gasteiger partial charge is 0.325 e. The lowest BCUT2D eigenvalue weighted by molar-refractivity contribution is -0.117. The highest BCUT2D eigenvalue weighted by molar-refractivity contribution is 7.14. The first-order valence-electron chi connectivity index (χ1n) is 6.19. The molecule has 0 unspecified atom stereocenters. The number of thiophene rings is 1. The number of amides is 1. The number of nitrogens with two attached hydrogens (primary N) is 1. The Morgan fingerprint density at radius 2 is 2.22 bits per heavy atom. The van der Waals surface area contributed by atoms with E-state index in [1.807, 2.05) is 0 Å². The lowest BCUT2D eigenvalue weighted by atomic mass is 9.80. The van der Waals surface area contributed by atoms with E-state index in [2.05, 4.69) is 11.4 Å². The van der Waals surface area contributed by atoms with Crippen LogP contribution in [0, 0.1) is 11.3 Å². The van der Waals surface area contributed by atoms with Crippen molar-refractivity contribution in [2.24, 2.45) is 5.73 Å². The highest BCUT2D eigenvalue weighted by Gasteiger charge is 2.30. The summed E-state index contributed by atoms with van der Waals surface area (Å²) in [4.78, 5) is 12.0. The average molecular weight is 263 g/mol. The van der Waals surface area contributed by atoms with Gasteiger partial charge in [-0.2, -0.15) is 5.26 Å². The normalized spacial score (nSPS) is 18.0. The van der Waals surface area contributed by atoms with E-state index < -0.39 is 0 Å². The maximum atomic E-state index is 12.0. The number of hydrogen-bond donors (Lipinski definition) is 2. The number of anilines is 1. The van der Waals surface area contributed by atoms with Gasteiger partial charge in [0.1, 0.15) is 11.1 Å². The molecule has 0 bridgehead atoms. The van der Waals surface area contributed by atoms with Gasteiger partial charge in [-0.15, -0.1) is 11.3 Å². The fraction of sp³-hybridized carbons (Fsp3) is 0.538. The molecule has 1 aliphatic carbocycles. The van der Waals surface area contributed by atoms with Gasteiger partial charge < -0.3 is 11.1 Å². The number of hydrogen-bond acceptors (Lipinski definition) is 4. The van der Waals surface area contributed by atoms with Crippen LogP contribution in [0.1, 0.15) is 44.1 Å². The molecule has 1 aromatic heterocycles.